The van der Waals surface area contributed by atoms with E-state index in [0.717, 1.165) is 49.1 Å². The largest absolute Gasteiger partial charge is 0.385 e. The molecule has 0 aliphatic carbocycles. The lowest BCUT2D eigenvalue weighted by Gasteiger charge is -2.33. The van der Waals surface area contributed by atoms with Crippen molar-refractivity contribution in [3.63, 3.8) is 0 Å². The maximum absolute atomic E-state index is 10.5. The summed E-state index contributed by atoms with van der Waals surface area (Å²) in [5.74, 6) is 2.56. The summed E-state index contributed by atoms with van der Waals surface area (Å²) in [6.07, 6.45) is 5.98. The van der Waals surface area contributed by atoms with Crippen LogP contribution < -0.4 is 4.90 Å². The van der Waals surface area contributed by atoms with E-state index in [9.17, 15) is 5.11 Å². The monoisotopic (exact) mass is 335 g/mol. The van der Waals surface area contributed by atoms with Gasteiger partial charge in [0.15, 0.2) is 0 Å². The number of aryl methyl sites for hydroxylation is 1. The fourth-order valence-electron chi connectivity index (χ4n) is 3.10. The van der Waals surface area contributed by atoms with Gasteiger partial charge in [0, 0.05) is 50.5 Å². The van der Waals surface area contributed by atoms with Crippen LogP contribution in [0.3, 0.4) is 0 Å². The standard InChI is InChI=1S/C16H25N5OS/c1-11(2)10-13-18-16(23-19-13)21-7-4-12(5-8-21)14(22)15-17-6-9-20(15)3/h6,9,11-12,14,22H,4-5,7-8,10H2,1-3H3. The number of hydrogen-bond donors (Lipinski definition) is 1. The van der Waals surface area contributed by atoms with Gasteiger partial charge in [0.05, 0.1) is 0 Å². The molecule has 0 radical (unpaired) electrons. The van der Waals surface area contributed by atoms with E-state index in [1.165, 1.54) is 11.5 Å². The number of piperidine rings is 1. The number of aliphatic hydroxyl groups is 1. The summed E-state index contributed by atoms with van der Waals surface area (Å²) in [7, 11) is 1.93. The van der Waals surface area contributed by atoms with Crippen LogP contribution in [0.25, 0.3) is 0 Å². The van der Waals surface area contributed by atoms with Crippen molar-refractivity contribution in [2.24, 2.45) is 18.9 Å². The summed E-state index contributed by atoms with van der Waals surface area (Å²) in [4.78, 5) is 11.2. The Morgan fingerprint density at radius 3 is 2.70 bits per heavy atom. The molecule has 2 aromatic heterocycles. The molecule has 1 aliphatic rings. The fraction of sp³-hybridized carbons (Fsp3) is 0.688. The van der Waals surface area contributed by atoms with Crippen LogP contribution in [-0.2, 0) is 13.5 Å². The topological polar surface area (TPSA) is 67.1 Å². The minimum atomic E-state index is -0.483. The number of aromatic nitrogens is 4. The Balaban J connectivity index is 1.58. The smallest absolute Gasteiger partial charge is 0.205 e. The first kappa shape index (κ1) is 16.4. The van der Waals surface area contributed by atoms with Gasteiger partial charge in [-0.2, -0.15) is 4.37 Å². The minimum absolute atomic E-state index is 0.260. The minimum Gasteiger partial charge on any atom is -0.385 e. The second-order valence-electron chi connectivity index (χ2n) is 6.76. The number of imidazole rings is 1. The van der Waals surface area contributed by atoms with Gasteiger partial charge in [-0.25, -0.2) is 9.97 Å². The molecule has 1 fully saturated rings. The molecule has 1 saturated heterocycles. The quantitative estimate of drug-likeness (QED) is 0.909. The molecule has 0 saturated carbocycles. The highest BCUT2D eigenvalue weighted by Gasteiger charge is 2.29. The average molecular weight is 335 g/mol. The van der Waals surface area contributed by atoms with Crippen LogP contribution in [0.4, 0.5) is 5.13 Å². The Bertz CT molecular complexity index is 630. The first-order valence-electron chi connectivity index (χ1n) is 8.27. The predicted octanol–water partition coefficient (Wildman–Crippen LogP) is 2.42. The molecule has 1 aliphatic heterocycles. The number of hydrogen-bond acceptors (Lipinski definition) is 6. The van der Waals surface area contributed by atoms with Crippen molar-refractivity contribution in [2.75, 3.05) is 18.0 Å². The summed E-state index contributed by atoms with van der Waals surface area (Å²) in [5, 5.41) is 11.6. The van der Waals surface area contributed by atoms with Crippen LogP contribution in [0.1, 0.15) is 44.4 Å². The van der Waals surface area contributed by atoms with Gasteiger partial charge in [-0.1, -0.05) is 13.8 Å². The molecule has 2 aromatic rings. The highest BCUT2D eigenvalue weighted by molar-refractivity contribution is 7.09. The fourth-order valence-corrected chi connectivity index (χ4v) is 3.85. The van der Waals surface area contributed by atoms with E-state index in [2.05, 4.69) is 33.1 Å². The molecule has 0 amide bonds. The van der Waals surface area contributed by atoms with Crippen molar-refractivity contribution >= 4 is 16.7 Å². The molecule has 126 valence electrons. The average Bonchev–Trinajstić information content (AvgIpc) is 3.15. The van der Waals surface area contributed by atoms with Crippen molar-refractivity contribution in [2.45, 2.75) is 39.2 Å². The summed E-state index contributed by atoms with van der Waals surface area (Å²) in [5.41, 5.74) is 0. The Kier molecular flexibility index (Phi) is 4.96. The lowest BCUT2D eigenvalue weighted by atomic mass is 9.91. The van der Waals surface area contributed by atoms with Crippen LogP contribution >= 0.6 is 11.5 Å². The number of aliphatic hydroxyl groups excluding tert-OH is 1. The zero-order valence-electron chi connectivity index (χ0n) is 14.0. The molecule has 3 heterocycles. The Morgan fingerprint density at radius 2 is 2.09 bits per heavy atom. The summed E-state index contributed by atoms with van der Waals surface area (Å²) >= 11 is 1.49. The van der Waals surface area contributed by atoms with Gasteiger partial charge in [-0.3, -0.25) is 0 Å². The third-order valence-corrected chi connectivity index (χ3v) is 5.24. The van der Waals surface area contributed by atoms with Crippen LogP contribution in [0.15, 0.2) is 12.4 Å². The zero-order valence-corrected chi connectivity index (χ0v) is 14.8. The summed E-state index contributed by atoms with van der Waals surface area (Å²) < 4.78 is 6.37. The molecule has 0 bridgehead atoms. The normalized spacial score (nSPS) is 17.9. The lowest BCUT2D eigenvalue weighted by Crippen LogP contribution is -2.36. The predicted molar refractivity (Wildman–Crippen MR) is 91.6 cm³/mol. The van der Waals surface area contributed by atoms with Crippen molar-refractivity contribution in [3.8, 4) is 0 Å². The molecule has 0 aromatic carbocycles. The van der Waals surface area contributed by atoms with E-state index in [-0.39, 0.29) is 5.92 Å². The molecule has 1 atom stereocenters. The zero-order chi connectivity index (χ0) is 16.4. The summed E-state index contributed by atoms with van der Waals surface area (Å²) in [6.45, 7) is 6.21. The second-order valence-corrected chi connectivity index (χ2v) is 7.49. The van der Waals surface area contributed by atoms with Gasteiger partial charge in [0.25, 0.3) is 0 Å². The van der Waals surface area contributed by atoms with E-state index < -0.39 is 6.10 Å². The van der Waals surface area contributed by atoms with Gasteiger partial charge >= 0.3 is 0 Å². The van der Waals surface area contributed by atoms with Gasteiger partial charge < -0.3 is 14.6 Å². The van der Waals surface area contributed by atoms with Crippen LogP contribution in [0.2, 0.25) is 0 Å². The molecular weight excluding hydrogens is 310 g/mol. The molecule has 7 heteroatoms. The molecule has 23 heavy (non-hydrogen) atoms. The number of nitrogens with zero attached hydrogens (tertiary/aromatic N) is 5. The molecule has 0 spiro atoms. The molecule has 6 nitrogen and oxygen atoms in total. The van der Waals surface area contributed by atoms with Crippen molar-refractivity contribution in [1.29, 1.82) is 0 Å². The molecule has 3 rings (SSSR count). The lowest BCUT2D eigenvalue weighted by molar-refractivity contribution is 0.0825. The third-order valence-electron chi connectivity index (χ3n) is 4.43. The van der Waals surface area contributed by atoms with Crippen molar-refractivity contribution < 1.29 is 5.11 Å². The third kappa shape index (κ3) is 3.72. The maximum atomic E-state index is 10.5. The van der Waals surface area contributed by atoms with Crippen molar-refractivity contribution in [1.82, 2.24) is 18.9 Å². The number of rotatable bonds is 5. The highest BCUT2D eigenvalue weighted by Crippen LogP contribution is 2.32. The van der Waals surface area contributed by atoms with E-state index in [4.69, 9.17) is 0 Å². The van der Waals surface area contributed by atoms with Gasteiger partial charge in [-0.05, 0) is 24.7 Å². The van der Waals surface area contributed by atoms with Crippen LogP contribution in [0.5, 0.6) is 0 Å². The van der Waals surface area contributed by atoms with Crippen molar-refractivity contribution in [3.05, 3.63) is 24.0 Å². The van der Waals surface area contributed by atoms with E-state index in [1.54, 1.807) is 6.20 Å². The van der Waals surface area contributed by atoms with Gasteiger partial charge in [-0.15, -0.1) is 0 Å². The molecule has 1 N–H and O–H groups in total. The van der Waals surface area contributed by atoms with E-state index >= 15 is 0 Å². The molecule has 1 unspecified atom stereocenters. The van der Waals surface area contributed by atoms with Crippen LogP contribution in [0, 0.1) is 11.8 Å². The molecular formula is C16H25N5OS. The highest BCUT2D eigenvalue weighted by atomic mass is 32.1. The Labute approximate surface area is 141 Å². The maximum Gasteiger partial charge on any atom is 0.205 e. The number of anilines is 1. The van der Waals surface area contributed by atoms with Crippen LogP contribution in [-0.4, -0.2) is 37.1 Å². The second kappa shape index (κ2) is 6.97. The van der Waals surface area contributed by atoms with E-state index in [0.29, 0.717) is 5.92 Å². The Hall–Kier alpha value is -1.47. The van der Waals surface area contributed by atoms with Gasteiger partial charge in [0.1, 0.15) is 17.8 Å². The first-order chi connectivity index (χ1) is 11.0. The van der Waals surface area contributed by atoms with Gasteiger partial charge in [0.2, 0.25) is 5.13 Å². The Morgan fingerprint density at radius 1 is 1.35 bits per heavy atom. The van der Waals surface area contributed by atoms with E-state index in [1.807, 2.05) is 17.8 Å². The summed E-state index contributed by atoms with van der Waals surface area (Å²) in [6, 6.07) is 0. The SMILES string of the molecule is CC(C)Cc1nsc(N2CCC(C(O)c3nccn3C)CC2)n1. The first-order valence-corrected chi connectivity index (χ1v) is 9.04.